The van der Waals surface area contributed by atoms with Gasteiger partial charge in [-0.25, -0.2) is 0 Å². The number of nitrogens with zero attached hydrogens (tertiary/aromatic N) is 1. The van der Waals surface area contributed by atoms with E-state index < -0.39 is 0 Å². The molecule has 1 aromatic heterocycles. The quantitative estimate of drug-likeness (QED) is 0.666. The normalized spacial score (nSPS) is 10.5. The van der Waals surface area contributed by atoms with Crippen LogP contribution in [0.25, 0.3) is 0 Å². The number of ether oxygens (including phenoxy) is 2. The third-order valence-electron chi connectivity index (χ3n) is 2.34. The number of pyridine rings is 1. The molecular formula is C13H22N2O2. The summed E-state index contributed by atoms with van der Waals surface area (Å²) in [7, 11) is 0. The van der Waals surface area contributed by atoms with Crippen LogP contribution in [0.2, 0.25) is 0 Å². The van der Waals surface area contributed by atoms with Gasteiger partial charge in [-0.2, -0.15) is 0 Å². The maximum absolute atomic E-state index is 5.61. The van der Waals surface area contributed by atoms with Crippen molar-refractivity contribution in [1.29, 1.82) is 0 Å². The maximum Gasteiger partial charge on any atom is 0.140 e. The monoisotopic (exact) mass is 238 g/mol. The summed E-state index contributed by atoms with van der Waals surface area (Å²) in [5.41, 5.74) is 0.934. The minimum atomic E-state index is 0.668. The first-order chi connectivity index (χ1) is 8.34. The van der Waals surface area contributed by atoms with Crippen molar-refractivity contribution in [3.05, 3.63) is 24.0 Å². The van der Waals surface area contributed by atoms with Gasteiger partial charge in [-0.05, 0) is 38.9 Å². The predicted molar refractivity (Wildman–Crippen MR) is 68.4 cm³/mol. The van der Waals surface area contributed by atoms with E-state index in [1.165, 1.54) is 0 Å². The fraction of sp³-hybridized carbons (Fsp3) is 0.615. The van der Waals surface area contributed by atoms with E-state index in [9.17, 15) is 0 Å². The van der Waals surface area contributed by atoms with Crippen molar-refractivity contribution in [3.63, 3.8) is 0 Å². The molecule has 0 spiro atoms. The summed E-state index contributed by atoms with van der Waals surface area (Å²) < 4.78 is 10.9. The Morgan fingerprint density at radius 3 is 2.94 bits per heavy atom. The van der Waals surface area contributed by atoms with Crippen molar-refractivity contribution >= 4 is 0 Å². The van der Waals surface area contributed by atoms with E-state index in [1.54, 1.807) is 6.20 Å². The van der Waals surface area contributed by atoms with Gasteiger partial charge in [0.2, 0.25) is 0 Å². The number of rotatable bonds is 9. The van der Waals surface area contributed by atoms with Gasteiger partial charge in [-0.1, -0.05) is 0 Å². The molecule has 4 heteroatoms. The molecule has 1 N–H and O–H groups in total. The van der Waals surface area contributed by atoms with Crippen LogP contribution in [0.4, 0.5) is 0 Å². The lowest BCUT2D eigenvalue weighted by molar-refractivity contribution is 0.144. The molecule has 0 bridgehead atoms. The molecule has 0 saturated carbocycles. The fourth-order valence-electron chi connectivity index (χ4n) is 1.42. The Hall–Kier alpha value is -1.13. The molecule has 17 heavy (non-hydrogen) atoms. The molecule has 0 saturated heterocycles. The molecule has 1 rings (SSSR count). The Balaban J connectivity index is 1.99. The molecule has 0 atom stereocenters. The SMILES string of the molecule is CCOCCCNCCOc1cccnc1C. The number of nitrogens with one attached hydrogen (secondary N) is 1. The highest BCUT2D eigenvalue weighted by molar-refractivity contribution is 5.25. The topological polar surface area (TPSA) is 43.4 Å². The minimum absolute atomic E-state index is 0.668. The summed E-state index contributed by atoms with van der Waals surface area (Å²) in [5.74, 6) is 0.864. The van der Waals surface area contributed by atoms with E-state index >= 15 is 0 Å². The van der Waals surface area contributed by atoms with Crippen LogP contribution in [-0.4, -0.2) is 37.9 Å². The van der Waals surface area contributed by atoms with Crippen molar-refractivity contribution in [3.8, 4) is 5.75 Å². The van der Waals surface area contributed by atoms with Gasteiger partial charge in [0.25, 0.3) is 0 Å². The van der Waals surface area contributed by atoms with Gasteiger partial charge >= 0.3 is 0 Å². The molecule has 0 aliphatic heterocycles. The van der Waals surface area contributed by atoms with Crippen LogP contribution in [-0.2, 0) is 4.74 Å². The molecule has 0 radical (unpaired) electrons. The first kappa shape index (κ1) is 13.9. The van der Waals surface area contributed by atoms with Crippen LogP contribution < -0.4 is 10.1 Å². The Morgan fingerprint density at radius 1 is 1.29 bits per heavy atom. The number of aryl methyl sites for hydroxylation is 1. The molecule has 0 unspecified atom stereocenters. The zero-order valence-electron chi connectivity index (χ0n) is 10.7. The summed E-state index contributed by atoms with van der Waals surface area (Å²) in [6.07, 6.45) is 2.81. The van der Waals surface area contributed by atoms with E-state index in [4.69, 9.17) is 9.47 Å². The van der Waals surface area contributed by atoms with Gasteiger partial charge in [0.05, 0.1) is 5.69 Å². The molecular weight excluding hydrogens is 216 g/mol. The van der Waals surface area contributed by atoms with E-state index in [-0.39, 0.29) is 0 Å². The van der Waals surface area contributed by atoms with Crippen LogP contribution in [0.15, 0.2) is 18.3 Å². The zero-order chi connectivity index (χ0) is 12.3. The van der Waals surface area contributed by atoms with Gasteiger partial charge in [-0.3, -0.25) is 4.98 Å². The Kier molecular flexibility index (Phi) is 7.34. The van der Waals surface area contributed by atoms with E-state index in [1.807, 2.05) is 26.0 Å². The van der Waals surface area contributed by atoms with Crippen molar-refractivity contribution in [1.82, 2.24) is 10.3 Å². The largest absolute Gasteiger partial charge is 0.490 e. The van der Waals surface area contributed by atoms with Crippen molar-refractivity contribution in [2.24, 2.45) is 0 Å². The molecule has 4 nitrogen and oxygen atoms in total. The Bertz CT molecular complexity index is 305. The van der Waals surface area contributed by atoms with Gasteiger partial charge in [-0.15, -0.1) is 0 Å². The second kappa shape index (κ2) is 8.96. The third kappa shape index (κ3) is 6.24. The molecule has 1 heterocycles. The molecule has 1 aromatic rings. The smallest absolute Gasteiger partial charge is 0.140 e. The average molecular weight is 238 g/mol. The standard InChI is InChI=1S/C13H22N2O2/c1-3-16-10-5-7-14-9-11-17-13-6-4-8-15-12(13)2/h4,6,8,14H,3,5,7,9-11H2,1-2H3. The summed E-state index contributed by atoms with van der Waals surface area (Å²) in [5, 5.41) is 3.31. The van der Waals surface area contributed by atoms with Crippen LogP contribution in [0.3, 0.4) is 0 Å². The van der Waals surface area contributed by atoms with Crippen LogP contribution in [0, 0.1) is 6.92 Å². The first-order valence-corrected chi connectivity index (χ1v) is 6.17. The lowest BCUT2D eigenvalue weighted by atomic mass is 10.3. The van der Waals surface area contributed by atoms with Gasteiger partial charge in [0.1, 0.15) is 12.4 Å². The molecule has 0 aromatic carbocycles. The lowest BCUT2D eigenvalue weighted by Gasteiger charge is -2.08. The van der Waals surface area contributed by atoms with E-state index in [2.05, 4.69) is 10.3 Å². The maximum atomic E-state index is 5.61. The Labute approximate surface area is 103 Å². The number of hydrogen-bond donors (Lipinski definition) is 1. The van der Waals surface area contributed by atoms with Gasteiger partial charge < -0.3 is 14.8 Å². The Morgan fingerprint density at radius 2 is 2.18 bits per heavy atom. The highest BCUT2D eigenvalue weighted by atomic mass is 16.5. The highest BCUT2D eigenvalue weighted by Gasteiger charge is 1.97. The van der Waals surface area contributed by atoms with Crippen molar-refractivity contribution in [2.75, 3.05) is 32.9 Å². The summed E-state index contributed by atoms with van der Waals surface area (Å²) in [4.78, 5) is 4.17. The number of hydrogen-bond acceptors (Lipinski definition) is 4. The average Bonchev–Trinajstić information content (AvgIpc) is 2.35. The fourth-order valence-corrected chi connectivity index (χ4v) is 1.42. The lowest BCUT2D eigenvalue weighted by Crippen LogP contribution is -2.23. The minimum Gasteiger partial charge on any atom is -0.490 e. The number of aromatic nitrogens is 1. The van der Waals surface area contributed by atoms with Gasteiger partial charge in [0.15, 0.2) is 0 Å². The van der Waals surface area contributed by atoms with Gasteiger partial charge in [0, 0.05) is 26.0 Å². The van der Waals surface area contributed by atoms with Crippen LogP contribution in [0.5, 0.6) is 5.75 Å². The van der Waals surface area contributed by atoms with Crippen LogP contribution >= 0.6 is 0 Å². The highest BCUT2D eigenvalue weighted by Crippen LogP contribution is 2.12. The molecule has 96 valence electrons. The predicted octanol–water partition coefficient (Wildman–Crippen LogP) is 1.79. The second-order valence-electron chi connectivity index (χ2n) is 3.74. The van der Waals surface area contributed by atoms with E-state index in [0.717, 1.165) is 44.2 Å². The summed E-state index contributed by atoms with van der Waals surface area (Å²) in [6.45, 7) is 8.06. The van der Waals surface area contributed by atoms with E-state index in [0.29, 0.717) is 6.61 Å². The molecule has 0 amide bonds. The van der Waals surface area contributed by atoms with Crippen molar-refractivity contribution < 1.29 is 9.47 Å². The second-order valence-corrected chi connectivity index (χ2v) is 3.74. The summed E-state index contributed by atoms with van der Waals surface area (Å²) >= 11 is 0. The third-order valence-corrected chi connectivity index (χ3v) is 2.34. The first-order valence-electron chi connectivity index (χ1n) is 6.17. The zero-order valence-corrected chi connectivity index (χ0v) is 10.7. The summed E-state index contributed by atoms with van der Waals surface area (Å²) in [6, 6.07) is 3.83. The molecule has 0 fully saturated rings. The molecule has 0 aliphatic carbocycles. The van der Waals surface area contributed by atoms with Crippen LogP contribution in [0.1, 0.15) is 19.0 Å². The van der Waals surface area contributed by atoms with Crippen molar-refractivity contribution in [2.45, 2.75) is 20.3 Å². The molecule has 0 aliphatic rings.